The zero-order chi connectivity index (χ0) is 14.8. The fourth-order valence-corrected chi connectivity index (χ4v) is 3.07. The number of hydrogen-bond acceptors (Lipinski definition) is 4. The van der Waals surface area contributed by atoms with Crippen molar-refractivity contribution in [1.29, 1.82) is 0 Å². The van der Waals surface area contributed by atoms with E-state index < -0.39 is 0 Å². The van der Waals surface area contributed by atoms with Crippen LogP contribution in [0.25, 0.3) is 0 Å². The Labute approximate surface area is 123 Å². The molecule has 1 heterocycles. The van der Waals surface area contributed by atoms with Crippen LogP contribution in [0, 0.1) is 10.1 Å². The van der Waals surface area contributed by atoms with Gasteiger partial charge in [-0.3, -0.25) is 10.1 Å². The van der Waals surface area contributed by atoms with Crippen LogP contribution in [0.4, 0.5) is 5.69 Å². The number of aryl methyl sites for hydroxylation is 1. The standard InChI is InChI=1S/C16H18N2O3/c1-11(12-5-2-3-7-15(12)18(19)20)17-14-6-4-8-16-13(14)9-10-21-16/h2-3,5,7,9-11,14,17H,4,6,8H2,1H3. The first-order valence-corrected chi connectivity index (χ1v) is 7.22. The number of nitro groups is 1. The molecule has 0 amide bonds. The van der Waals surface area contributed by atoms with Crippen LogP contribution < -0.4 is 5.32 Å². The molecule has 0 aliphatic heterocycles. The van der Waals surface area contributed by atoms with Crippen LogP contribution >= 0.6 is 0 Å². The van der Waals surface area contributed by atoms with Gasteiger partial charge in [-0.2, -0.15) is 0 Å². The van der Waals surface area contributed by atoms with Gasteiger partial charge in [0.25, 0.3) is 5.69 Å². The Bertz CT molecular complexity index is 650. The number of furan rings is 1. The van der Waals surface area contributed by atoms with Gasteiger partial charge in [0.1, 0.15) is 5.76 Å². The summed E-state index contributed by atoms with van der Waals surface area (Å²) in [5.74, 6) is 1.04. The second-order valence-electron chi connectivity index (χ2n) is 5.45. The molecule has 0 saturated heterocycles. The minimum absolute atomic E-state index is 0.0857. The molecule has 0 saturated carbocycles. The van der Waals surface area contributed by atoms with Crippen molar-refractivity contribution in [2.75, 3.05) is 0 Å². The van der Waals surface area contributed by atoms with Crippen LogP contribution in [0.1, 0.15) is 48.7 Å². The summed E-state index contributed by atoms with van der Waals surface area (Å²) < 4.78 is 5.49. The van der Waals surface area contributed by atoms with E-state index in [9.17, 15) is 10.1 Å². The van der Waals surface area contributed by atoms with E-state index >= 15 is 0 Å². The molecule has 0 fully saturated rings. The first-order chi connectivity index (χ1) is 10.2. The van der Waals surface area contributed by atoms with Crippen LogP contribution in [0.2, 0.25) is 0 Å². The van der Waals surface area contributed by atoms with Crippen molar-refractivity contribution < 1.29 is 9.34 Å². The molecule has 5 nitrogen and oxygen atoms in total. The van der Waals surface area contributed by atoms with E-state index in [1.165, 1.54) is 5.56 Å². The Kier molecular flexibility index (Phi) is 3.75. The number of nitro benzene ring substituents is 1. The molecule has 5 heteroatoms. The van der Waals surface area contributed by atoms with Gasteiger partial charge in [0.15, 0.2) is 0 Å². The van der Waals surface area contributed by atoms with Gasteiger partial charge < -0.3 is 9.73 Å². The summed E-state index contributed by atoms with van der Waals surface area (Å²) in [6.45, 7) is 1.97. The number of fused-ring (bicyclic) bond motifs is 1. The maximum absolute atomic E-state index is 11.1. The molecule has 1 aliphatic carbocycles. The summed E-state index contributed by atoms with van der Waals surface area (Å²) in [6, 6.07) is 9.01. The fraction of sp³-hybridized carbons (Fsp3) is 0.375. The Morgan fingerprint density at radius 3 is 3.00 bits per heavy atom. The van der Waals surface area contributed by atoms with Gasteiger partial charge in [-0.1, -0.05) is 18.2 Å². The lowest BCUT2D eigenvalue weighted by Gasteiger charge is -2.26. The molecule has 0 bridgehead atoms. The van der Waals surface area contributed by atoms with Crippen LogP contribution in [-0.4, -0.2) is 4.92 Å². The molecule has 2 atom stereocenters. The number of benzene rings is 1. The molecular weight excluding hydrogens is 268 g/mol. The van der Waals surface area contributed by atoms with E-state index in [0.29, 0.717) is 0 Å². The van der Waals surface area contributed by atoms with Gasteiger partial charge in [-0.25, -0.2) is 0 Å². The zero-order valence-corrected chi connectivity index (χ0v) is 11.9. The molecule has 1 aromatic heterocycles. The minimum atomic E-state index is -0.322. The second kappa shape index (κ2) is 5.69. The first kappa shape index (κ1) is 13.8. The molecule has 110 valence electrons. The lowest BCUT2D eigenvalue weighted by atomic mass is 9.92. The highest BCUT2D eigenvalue weighted by Crippen LogP contribution is 2.33. The Hall–Kier alpha value is -2.14. The molecule has 0 radical (unpaired) electrons. The molecule has 1 N–H and O–H groups in total. The van der Waals surface area contributed by atoms with E-state index in [4.69, 9.17) is 4.42 Å². The number of nitrogens with one attached hydrogen (secondary N) is 1. The van der Waals surface area contributed by atoms with Crippen molar-refractivity contribution in [2.45, 2.75) is 38.3 Å². The predicted octanol–water partition coefficient (Wildman–Crippen LogP) is 3.92. The predicted molar refractivity (Wildman–Crippen MR) is 79.0 cm³/mol. The maximum Gasteiger partial charge on any atom is 0.274 e. The van der Waals surface area contributed by atoms with Gasteiger partial charge >= 0.3 is 0 Å². The Balaban J connectivity index is 1.82. The van der Waals surface area contributed by atoms with Crippen molar-refractivity contribution >= 4 is 5.69 Å². The van der Waals surface area contributed by atoms with E-state index in [-0.39, 0.29) is 22.7 Å². The number of nitrogens with zero attached hydrogens (tertiary/aromatic N) is 1. The maximum atomic E-state index is 11.1. The van der Waals surface area contributed by atoms with Gasteiger partial charge in [0.2, 0.25) is 0 Å². The largest absolute Gasteiger partial charge is 0.469 e. The van der Waals surface area contributed by atoms with Crippen LogP contribution in [0.5, 0.6) is 0 Å². The third-order valence-corrected chi connectivity index (χ3v) is 4.10. The van der Waals surface area contributed by atoms with Crippen molar-refractivity contribution in [3.63, 3.8) is 0 Å². The number of hydrogen-bond donors (Lipinski definition) is 1. The summed E-state index contributed by atoms with van der Waals surface area (Å²) >= 11 is 0. The van der Waals surface area contributed by atoms with Gasteiger partial charge in [0.05, 0.1) is 11.2 Å². The Morgan fingerprint density at radius 2 is 2.19 bits per heavy atom. The van der Waals surface area contributed by atoms with Gasteiger partial charge in [0, 0.05) is 35.7 Å². The summed E-state index contributed by atoms with van der Waals surface area (Å²) in [6.07, 6.45) is 4.79. The SMILES string of the molecule is CC(NC1CCCc2occc21)c1ccccc1[N+](=O)[O-]. The summed E-state index contributed by atoms with van der Waals surface area (Å²) in [5.41, 5.74) is 2.07. The zero-order valence-electron chi connectivity index (χ0n) is 11.9. The normalized spacial score (nSPS) is 19.0. The van der Waals surface area contributed by atoms with Crippen LogP contribution in [0.3, 0.4) is 0 Å². The molecule has 0 spiro atoms. The molecule has 1 aromatic carbocycles. The Morgan fingerprint density at radius 1 is 1.38 bits per heavy atom. The highest BCUT2D eigenvalue weighted by atomic mass is 16.6. The molecule has 3 rings (SSSR count). The lowest BCUT2D eigenvalue weighted by molar-refractivity contribution is -0.385. The highest BCUT2D eigenvalue weighted by molar-refractivity contribution is 5.42. The monoisotopic (exact) mass is 286 g/mol. The van der Waals surface area contributed by atoms with Crippen LogP contribution in [0.15, 0.2) is 41.0 Å². The highest BCUT2D eigenvalue weighted by Gasteiger charge is 2.26. The third kappa shape index (κ3) is 2.69. The van der Waals surface area contributed by atoms with Crippen molar-refractivity contribution in [2.24, 2.45) is 0 Å². The molecule has 2 unspecified atom stereocenters. The fourth-order valence-electron chi connectivity index (χ4n) is 3.07. The number of para-hydroxylation sites is 1. The summed E-state index contributed by atoms with van der Waals surface area (Å²) in [7, 11) is 0. The van der Waals surface area contributed by atoms with E-state index in [1.54, 1.807) is 18.4 Å². The van der Waals surface area contributed by atoms with Crippen LogP contribution in [-0.2, 0) is 6.42 Å². The van der Waals surface area contributed by atoms with Crippen molar-refractivity contribution in [3.8, 4) is 0 Å². The summed E-state index contributed by atoms with van der Waals surface area (Å²) in [5, 5.41) is 14.6. The van der Waals surface area contributed by atoms with E-state index in [2.05, 4.69) is 5.32 Å². The topological polar surface area (TPSA) is 68.3 Å². The first-order valence-electron chi connectivity index (χ1n) is 7.22. The number of rotatable bonds is 4. The molecule has 1 aliphatic rings. The van der Waals surface area contributed by atoms with Crippen molar-refractivity contribution in [1.82, 2.24) is 5.32 Å². The molecule has 2 aromatic rings. The van der Waals surface area contributed by atoms with E-state index in [1.807, 2.05) is 25.1 Å². The molecule has 21 heavy (non-hydrogen) atoms. The summed E-state index contributed by atoms with van der Waals surface area (Å²) in [4.78, 5) is 10.8. The third-order valence-electron chi connectivity index (χ3n) is 4.10. The molecular formula is C16H18N2O3. The van der Waals surface area contributed by atoms with Gasteiger partial charge in [-0.15, -0.1) is 0 Å². The average Bonchev–Trinajstić information content (AvgIpc) is 2.96. The van der Waals surface area contributed by atoms with Gasteiger partial charge in [-0.05, 0) is 25.8 Å². The van der Waals surface area contributed by atoms with E-state index in [0.717, 1.165) is 30.6 Å². The lowest BCUT2D eigenvalue weighted by Crippen LogP contribution is -2.27. The smallest absolute Gasteiger partial charge is 0.274 e. The quantitative estimate of drug-likeness (QED) is 0.683. The minimum Gasteiger partial charge on any atom is -0.469 e. The second-order valence-corrected chi connectivity index (χ2v) is 5.45. The van der Waals surface area contributed by atoms with Crippen molar-refractivity contribution in [3.05, 3.63) is 63.6 Å². The average molecular weight is 286 g/mol.